The van der Waals surface area contributed by atoms with Crippen molar-refractivity contribution in [1.82, 2.24) is 0 Å². The van der Waals surface area contributed by atoms with Crippen LogP contribution in [0.25, 0.3) is 0 Å². The van der Waals surface area contributed by atoms with Crippen LogP contribution in [-0.2, 0) is 4.74 Å². The van der Waals surface area contributed by atoms with E-state index < -0.39 is 11.5 Å². The average molecular weight is 293 g/mol. The smallest absolute Gasteiger partial charge is 0.446 e. The molecule has 0 N–H and O–H groups in total. The number of halogens is 3. The molecular formula is C10H6F3NO2S2. The maximum Gasteiger partial charge on any atom is 0.446 e. The lowest BCUT2D eigenvalue weighted by molar-refractivity contribution is -0.0328. The first-order chi connectivity index (χ1) is 8.28. The van der Waals surface area contributed by atoms with E-state index in [1.165, 1.54) is 0 Å². The number of ether oxygens (including phenoxy) is 1. The van der Waals surface area contributed by atoms with E-state index in [2.05, 4.69) is 17.4 Å². The minimum Gasteiger partial charge on any atom is -0.465 e. The highest BCUT2D eigenvalue weighted by atomic mass is 32.2. The van der Waals surface area contributed by atoms with E-state index in [9.17, 15) is 18.0 Å². The van der Waals surface area contributed by atoms with Gasteiger partial charge >= 0.3 is 11.5 Å². The zero-order valence-corrected chi connectivity index (χ0v) is 10.6. The zero-order valence-electron chi connectivity index (χ0n) is 8.91. The number of methoxy groups -OCH3 is 1. The van der Waals surface area contributed by atoms with Crippen molar-refractivity contribution in [1.29, 1.82) is 5.26 Å². The molecule has 0 aliphatic rings. The van der Waals surface area contributed by atoms with Crippen LogP contribution in [0, 0.1) is 11.3 Å². The van der Waals surface area contributed by atoms with Crippen molar-refractivity contribution in [2.45, 2.75) is 15.3 Å². The Morgan fingerprint density at radius 3 is 2.56 bits per heavy atom. The van der Waals surface area contributed by atoms with Gasteiger partial charge in [0.05, 0.1) is 18.2 Å². The fourth-order valence-corrected chi connectivity index (χ4v) is 2.26. The summed E-state index contributed by atoms with van der Waals surface area (Å²) in [6.07, 6.45) is 0. The molecular weight excluding hydrogens is 287 g/mol. The summed E-state index contributed by atoms with van der Waals surface area (Å²) in [5.74, 6) is -0.819. The van der Waals surface area contributed by atoms with Crippen molar-refractivity contribution in [2.24, 2.45) is 0 Å². The van der Waals surface area contributed by atoms with Gasteiger partial charge in [-0.05, 0) is 23.9 Å². The van der Waals surface area contributed by atoms with Crippen LogP contribution >= 0.6 is 24.4 Å². The van der Waals surface area contributed by atoms with Crippen LogP contribution < -0.4 is 0 Å². The molecule has 0 bridgehead atoms. The highest BCUT2D eigenvalue weighted by molar-refractivity contribution is 8.00. The van der Waals surface area contributed by atoms with E-state index in [-0.39, 0.29) is 32.7 Å². The molecule has 0 atom stereocenters. The van der Waals surface area contributed by atoms with E-state index in [0.717, 1.165) is 19.2 Å². The van der Waals surface area contributed by atoms with Gasteiger partial charge in [-0.3, -0.25) is 0 Å². The van der Waals surface area contributed by atoms with Gasteiger partial charge in [-0.25, -0.2) is 4.79 Å². The third-order valence-corrected chi connectivity index (χ3v) is 2.89. The predicted molar refractivity (Wildman–Crippen MR) is 61.7 cm³/mol. The van der Waals surface area contributed by atoms with Gasteiger partial charge in [0.15, 0.2) is 0 Å². The monoisotopic (exact) mass is 293 g/mol. The maximum absolute atomic E-state index is 12.2. The molecule has 96 valence electrons. The van der Waals surface area contributed by atoms with Gasteiger partial charge < -0.3 is 4.74 Å². The van der Waals surface area contributed by atoms with Crippen molar-refractivity contribution in [3.63, 3.8) is 0 Å². The molecule has 0 saturated heterocycles. The molecule has 0 radical (unpaired) electrons. The van der Waals surface area contributed by atoms with Crippen molar-refractivity contribution in [2.75, 3.05) is 7.11 Å². The summed E-state index contributed by atoms with van der Waals surface area (Å²) in [4.78, 5) is 11.1. The first-order valence-electron chi connectivity index (χ1n) is 4.39. The van der Waals surface area contributed by atoms with Crippen LogP contribution in [-0.4, -0.2) is 18.6 Å². The number of hydrogen-bond donors (Lipinski definition) is 1. The molecule has 0 spiro atoms. The molecule has 0 heterocycles. The summed E-state index contributed by atoms with van der Waals surface area (Å²) in [7, 11) is 1.11. The minimum atomic E-state index is -4.47. The van der Waals surface area contributed by atoms with Gasteiger partial charge in [-0.2, -0.15) is 18.4 Å². The highest BCUT2D eigenvalue weighted by Crippen LogP contribution is 2.38. The Kier molecular flexibility index (Phi) is 4.53. The molecule has 0 amide bonds. The third kappa shape index (κ3) is 3.58. The first kappa shape index (κ1) is 14.7. The summed E-state index contributed by atoms with van der Waals surface area (Å²) < 4.78 is 41.0. The molecule has 1 rings (SSSR count). The second-order valence-corrected chi connectivity index (χ2v) is 4.64. The van der Waals surface area contributed by atoms with Crippen molar-refractivity contribution < 1.29 is 22.7 Å². The Hall–Kier alpha value is -1.33. The fraction of sp³-hybridized carbons (Fsp3) is 0.200. The van der Waals surface area contributed by atoms with E-state index in [4.69, 9.17) is 5.26 Å². The Morgan fingerprint density at radius 2 is 2.11 bits per heavy atom. The summed E-state index contributed by atoms with van der Waals surface area (Å²) in [5, 5.41) is 8.83. The van der Waals surface area contributed by atoms with Gasteiger partial charge in [-0.15, -0.1) is 12.6 Å². The van der Waals surface area contributed by atoms with Crippen LogP contribution in [0.3, 0.4) is 0 Å². The van der Waals surface area contributed by atoms with Gasteiger partial charge in [-0.1, -0.05) is 0 Å². The average Bonchev–Trinajstić information content (AvgIpc) is 2.24. The number of benzene rings is 1. The molecule has 0 fully saturated rings. The third-order valence-electron chi connectivity index (χ3n) is 1.83. The summed E-state index contributed by atoms with van der Waals surface area (Å²) in [5.41, 5.74) is -4.82. The Bertz CT molecular complexity index is 523. The van der Waals surface area contributed by atoms with Crippen molar-refractivity contribution >= 4 is 30.4 Å². The Morgan fingerprint density at radius 1 is 1.50 bits per heavy atom. The number of esters is 1. The van der Waals surface area contributed by atoms with Crippen molar-refractivity contribution in [3.05, 3.63) is 23.3 Å². The first-order valence-corrected chi connectivity index (χ1v) is 5.66. The molecule has 0 aromatic heterocycles. The predicted octanol–water partition coefficient (Wildman–Crippen LogP) is 3.25. The van der Waals surface area contributed by atoms with E-state index in [0.29, 0.717) is 0 Å². The molecule has 1 aromatic rings. The van der Waals surface area contributed by atoms with Crippen LogP contribution in [0.1, 0.15) is 15.9 Å². The minimum absolute atomic E-state index is 0.0346. The molecule has 0 aliphatic carbocycles. The number of alkyl halides is 3. The molecule has 0 saturated carbocycles. The van der Waals surface area contributed by atoms with E-state index in [1.54, 1.807) is 6.07 Å². The lowest BCUT2D eigenvalue weighted by Crippen LogP contribution is -2.07. The maximum atomic E-state index is 12.2. The molecule has 8 heteroatoms. The largest absolute Gasteiger partial charge is 0.465 e. The summed E-state index contributed by atoms with van der Waals surface area (Å²) in [6.45, 7) is 0. The SMILES string of the molecule is COC(=O)c1c(S)cc(SC(F)(F)F)cc1C#N. The summed E-state index contributed by atoms with van der Waals surface area (Å²) in [6, 6.07) is 3.69. The molecule has 18 heavy (non-hydrogen) atoms. The van der Waals surface area contributed by atoms with Crippen LogP contribution in [0.15, 0.2) is 21.9 Å². The number of thioether (sulfide) groups is 1. The molecule has 0 aliphatic heterocycles. The van der Waals surface area contributed by atoms with E-state index >= 15 is 0 Å². The zero-order chi connectivity index (χ0) is 13.9. The van der Waals surface area contributed by atoms with Gasteiger partial charge in [0.2, 0.25) is 0 Å². The quantitative estimate of drug-likeness (QED) is 0.516. The highest BCUT2D eigenvalue weighted by Gasteiger charge is 2.30. The van der Waals surface area contributed by atoms with Crippen molar-refractivity contribution in [3.8, 4) is 6.07 Å². The number of thiol groups is 1. The van der Waals surface area contributed by atoms with Gasteiger partial charge in [0, 0.05) is 9.79 Å². The lowest BCUT2D eigenvalue weighted by atomic mass is 10.1. The second-order valence-electron chi connectivity index (χ2n) is 3.02. The Balaban J connectivity index is 3.29. The van der Waals surface area contributed by atoms with Crippen LogP contribution in [0.2, 0.25) is 0 Å². The molecule has 3 nitrogen and oxygen atoms in total. The van der Waals surface area contributed by atoms with E-state index in [1.807, 2.05) is 0 Å². The number of nitrogens with zero attached hydrogens (tertiary/aromatic N) is 1. The second kappa shape index (κ2) is 5.54. The van der Waals surface area contributed by atoms with Crippen LogP contribution in [0.4, 0.5) is 13.2 Å². The number of carbonyl (C=O) groups is 1. The lowest BCUT2D eigenvalue weighted by Gasteiger charge is -2.10. The number of carbonyl (C=O) groups excluding carboxylic acids is 1. The number of nitriles is 1. The fourth-order valence-electron chi connectivity index (χ4n) is 1.20. The Labute approximate surface area is 110 Å². The number of rotatable bonds is 2. The normalized spacial score (nSPS) is 10.9. The summed E-state index contributed by atoms with van der Waals surface area (Å²) >= 11 is 3.52. The van der Waals surface area contributed by atoms with Gasteiger partial charge in [0.25, 0.3) is 0 Å². The standard InChI is InChI=1S/C10H6F3NO2S2/c1-16-9(15)8-5(4-14)2-6(3-7(8)17)18-10(11,12)13/h2-3,17H,1H3. The van der Waals surface area contributed by atoms with Gasteiger partial charge in [0.1, 0.15) is 6.07 Å². The number of hydrogen-bond acceptors (Lipinski definition) is 5. The topological polar surface area (TPSA) is 50.1 Å². The molecule has 1 aromatic carbocycles. The molecule has 0 unspecified atom stereocenters. The van der Waals surface area contributed by atoms with Crippen LogP contribution in [0.5, 0.6) is 0 Å².